The lowest BCUT2D eigenvalue weighted by Gasteiger charge is -2.13. The number of nitrogens with zero attached hydrogens (tertiary/aromatic N) is 1. The lowest BCUT2D eigenvalue weighted by atomic mass is 10.4. The molecule has 0 aromatic heterocycles. The van der Waals surface area contributed by atoms with E-state index in [-0.39, 0.29) is 5.91 Å². The summed E-state index contributed by atoms with van der Waals surface area (Å²) in [5.41, 5.74) is 0. The number of rotatable bonds is 2. The lowest BCUT2D eigenvalue weighted by Crippen LogP contribution is -2.27. The molecule has 1 heterocycles. The Bertz CT molecular complexity index is 121. The second-order valence-corrected chi connectivity index (χ2v) is 2.90. The molecule has 0 unspecified atom stereocenters. The molecule has 0 aromatic carbocycles. The third kappa shape index (κ3) is 1.87. The van der Waals surface area contributed by atoms with Crippen LogP contribution in [0.25, 0.3) is 0 Å². The smallest absolute Gasteiger partial charge is 0.223 e. The predicted octanol–water partition coefficient (Wildman–Crippen LogP) is 1.24. The Labute approximate surface area is 66.1 Å². The van der Waals surface area contributed by atoms with Crippen LogP contribution in [0.5, 0.6) is 0 Å². The van der Waals surface area contributed by atoms with Crippen LogP contribution >= 0.6 is 11.6 Å². The summed E-state index contributed by atoms with van der Waals surface area (Å²) in [5, 5.41) is 0. The van der Waals surface area contributed by atoms with Crippen LogP contribution in [0, 0.1) is 0 Å². The highest BCUT2D eigenvalue weighted by atomic mass is 35.5. The standard InChI is InChI=1S/C7H12ClNO/c8-4-3-7(10)9-5-1-2-6-9/h1-6H2. The summed E-state index contributed by atoms with van der Waals surface area (Å²) in [7, 11) is 0. The summed E-state index contributed by atoms with van der Waals surface area (Å²) in [5.74, 6) is 0.669. The van der Waals surface area contributed by atoms with Gasteiger partial charge in [0.1, 0.15) is 0 Å². The fourth-order valence-electron chi connectivity index (χ4n) is 1.21. The van der Waals surface area contributed by atoms with E-state index in [0.717, 1.165) is 25.9 Å². The van der Waals surface area contributed by atoms with Gasteiger partial charge in [0.05, 0.1) is 0 Å². The van der Waals surface area contributed by atoms with Gasteiger partial charge in [0, 0.05) is 25.4 Å². The van der Waals surface area contributed by atoms with Gasteiger partial charge >= 0.3 is 0 Å². The molecule has 10 heavy (non-hydrogen) atoms. The minimum atomic E-state index is 0.215. The number of likely N-dealkylation sites (tertiary alicyclic amines) is 1. The normalized spacial score (nSPS) is 17.9. The summed E-state index contributed by atoms with van der Waals surface area (Å²) in [4.78, 5) is 13.0. The molecule has 0 bridgehead atoms. The molecular weight excluding hydrogens is 150 g/mol. The molecule has 1 rings (SSSR count). The van der Waals surface area contributed by atoms with Crippen molar-refractivity contribution in [2.75, 3.05) is 19.0 Å². The van der Waals surface area contributed by atoms with Crippen molar-refractivity contribution in [1.29, 1.82) is 0 Å². The fourth-order valence-corrected chi connectivity index (χ4v) is 1.37. The molecule has 1 fully saturated rings. The molecule has 0 saturated carbocycles. The summed E-state index contributed by atoms with van der Waals surface area (Å²) < 4.78 is 0. The molecule has 2 nitrogen and oxygen atoms in total. The van der Waals surface area contributed by atoms with Gasteiger partial charge in [0.25, 0.3) is 0 Å². The minimum absolute atomic E-state index is 0.215. The Balaban J connectivity index is 2.25. The molecule has 3 heteroatoms. The van der Waals surface area contributed by atoms with Crippen LogP contribution in [0.2, 0.25) is 0 Å². The van der Waals surface area contributed by atoms with Gasteiger partial charge in [-0.3, -0.25) is 4.79 Å². The predicted molar refractivity (Wildman–Crippen MR) is 41.2 cm³/mol. The van der Waals surface area contributed by atoms with Gasteiger partial charge in [-0.15, -0.1) is 11.6 Å². The van der Waals surface area contributed by atoms with Gasteiger partial charge in [0.2, 0.25) is 5.91 Å². The van der Waals surface area contributed by atoms with Crippen molar-refractivity contribution in [2.24, 2.45) is 0 Å². The van der Waals surface area contributed by atoms with E-state index in [9.17, 15) is 4.79 Å². The van der Waals surface area contributed by atoms with Gasteiger partial charge in [0.15, 0.2) is 0 Å². The summed E-state index contributed by atoms with van der Waals surface area (Å²) in [6.45, 7) is 1.88. The van der Waals surface area contributed by atoms with Gasteiger partial charge in [-0.2, -0.15) is 0 Å². The molecule has 0 aliphatic carbocycles. The molecule has 0 N–H and O–H groups in total. The highest BCUT2D eigenvalue weighted by Crippen LogP contribution is 2.08. The first kappa shape index (κ1) is 7.86. The maximum Gasteiger partial charge on any atom is 0.223 e. The highest BCUT2D eigenvalue weighted by Gasteiger charge is 2.16. The first-order valence-corrected chi connectivity index (χ1v) is 4.22. The second kappa shape index (κ2) is 3.81. The number of hydrogen-bond donors (Lipinski definition) is 0. The van der Waals surface area contributed by atoms with E-state index in [2.05, 4.69) is 0 Å². The average molecular weight is 162 g/mol. The Morgan fingerprint density at radius 2 is 2.00 bits per heavy atom. The molecule has 0 aromatic rings. The number of halogens is 1. The van der Waals surface area contributed by atoms with E-state index in [1.54, 1.807) is 0 Å². The third-order valence-corrected chi connectivity index (χ3v) is 1.96. The van der Waals surface area contributed by atoms with Crippen molar-refractivity contribution in [3.05, 3.63) is 0 Å². The van der Waals surface area contributed by atoms with E-state index in [4.69, 9.17) is 11.6 Å². The van der Waals surface area contributed by atoms with Crippen molar-refractivity contribution in [1.82, 2.24) is 4.90 Å². The van der Waals surface area contributed by atoms with Gasteiger partial charge in [-0.05, 0) is 12.8 Å². The molecule has 0 radical (unpaired) electrons. The second-order valence-electron chi connectivity index (χ2n) is 2.53. The lowest BCUT2D eigenvalue weighted by molar-refractivity contribution is -0.129. The van der Waals surface area contributed by atoms with E-state index in [1.165, 1.54) is 0 Å². The van der Waals surface area contributed by atoms with Crippen LogP contribution in [0.1, 0.15) is 19.3 Å². The Morgan fingerprint density at radius 3 is 2.50 bits per heavy atom. The summed E-state index contributed by atoms with van der Waals surface area (Å²) in [6.07, 6.45) is 2.82. The van der Waals surface area contributed by atoms with Crippen LogP contribution in [0.4, 0.5) is 0 Å². The Kier molecular flexibility index (Phi) is 3.00. The minimum Gasteiger partial charge on any atom is -0.343 e. The first-order valence-electron chi connectivity index (χ1n) is 3.68. The third-order valence-electron chi connectivity index (χ3n) is 1.77. The molecule has 1 saturated heterocycles. The molecule has 1 amide bonds. The molecule has 1 aliphatic heterocycles. The summed E-state index contributed by atoms with van der Waals surface area (Å²) in [6, 6.07) is 0. The van der Waals surface area contributed by atoms with Crippen LogP contribution in [0.3, 0.4) is 0 Å². The first-order chi connectivity index (χ1) is 4.84. The Hall–Kier alpha value is -0.240. The van der Waals surface area contributed by atoms with Crippen LogP contribution in [0.15, 0.2) is 0 Å². The maximum atomic E-state index is 11.1. The van der Waals surface area contributed by atoms with E-state index < -0.39 is 0 Å². The number of hydrogen-bond acceptors (Lipinski definition) is 1. The van der Waals surface area contributed by atoms with Gasteiger partial charge in [-0.25, -0.2) is 0 Å². The van der Waals surface area contributed by atoms with Gasteiger partial charge in [-0.1, -0.05) is 0 Å². The zero-order valence-corrected chi connectivity index (χ0v) is 6.73. The van der Waals surface area contributed by atoms with Crippen molar-refractivity contribution < 1.29 is 4.79 Å². The van der Waals surface area contributed by atoms with Crippen molar-refractivity contribution in [3.8, 4) is 0 Å². The maximum absolute atomic E-state index is 11.1. The van der Waals surface area contributed by atoms with Crippen LogP contribution in [-0.2, 0) is 4.79 Å². The fraction of sp³-hybridized carbons (Fsp3) is 0.857. The van der Waals surface area contributed by atoms with Crippen LogP contribution in [-0.4, -0.2) is 29.8 Å². The highest BCUT2D eigenvalue weighted by molar-refractivity contribution is 6.18. The number of amides is 1. The van der Waals surface area contributed by atoms with E-state index >= 15 is 0 Å². The molecular formula is C7H12ClNO. The quantitative estimate of drug-likeness (QED) is 0.558. The molecule has 0 spiro atoms. The average Bonchev–Trinajstić information content (AvgIpc) is 2.38. The number of alkyl halides is 1. The van der Waals surface area contributed by atoms with Gasteiger partial charge < -0.3 is 4.90 Å². The zero-order valence-electron chi connectivity index (χ0n) is 5.98. The van der Waals surface area contributed by atoms with Crippen LogP contribution < -0.4 is 0 Å². The topological polar surface area (TPSA) is 20.3 Å². The Morgan fingerprint density at radius 1 is 1.40 bits per heavy atom. The van der Waals surface area contributed by atoms with E-state index in [0.29, 0.717) is 12.3 Å². The van der Waals surface area contributed by atoms with Crippen molar-refractivity contribution >= 4 is 17.5 Å². The number of carbonyl (C=O) groups excluding carboxylic acids is 1. The SMILES string of the molecule is O=C(CCCl)N1CCCC1. The monoisotopic (exact) mass is 161 g/mol. The number of carbonyl (C=O) groups is 1. The largest absolute Gasteiger partial charge is 0.343 e. The zero-order chi connectivity index (χ0) is 7.40. The van der Waals surface area contributed by atoms with Crippen molar-refractivity contribution in [3.63, 3.8) is 0 Å². The van der Waals surface area contributed by atoms with Crippen molar-refractivity contribution in [2.45, 2.75) is 19.3 Å². The summed E-state index contributed by atoms with van der Waals surface area (Å²) >= 11 is 5.43. The molecule has 0 atom stereocenters. The molecule has 1 aliphatic rings. The van der Waals surface area contributed by atoms with E-state index in [1.807, 2.05) is 4.90 Å². The molecule has 58 valence electrons.